The van der Waals surface area contributed by atoms with Gasteiger partial charge in [0.15, 0.2) is 0 Å². The van der Waals surface area contributed by atoms with Gasteiger partial charge < -0.3 is 10.1 Å². The van der Waals surface area contributed by atoms with Crippen molar-refractivity contribution in [3.05, 3.63) is 16.6 Å². The van der Waals surface area contributed by atoms with Crippen molar-refractivity contribution in [3.8, 4) is 0 Å². The molecule has 6 heteroatoms. The Morgan fingerprint density at radius 1 is 1.50 bits per heavy atom. The number of nitrogens with one attached hydrogen (secondary N) is 1. The molecule has 0 aromatic carbocycles. The van der Waals surface area contributed by atoms with Crippen LogP contribution >= 0.6 is 11.3 Å². The molecule has 2 saturated heterocycles. The maximum Gasteiger partial charge on any atom is 0.407 e. The molecule has 1 aromatic heterocycles. The normalized spacial score (nSPS) is 29.0. The summed E-state index contributed by atoms with van der Waals surface area (Å²) in [5.41, 5.74) is -0.255. The zero-order valence-corrected chi connectivity index (χ0v) is 11.0. The fourth-order valence-corrected chi connectivity index (χ4v) is 3.34. The molecule has 2 fully saturated rings. The molecule has 3 rings (SSSR count). The number of likely N-dealkylation sites (tertiary alicyclic amines) is 1. The number of amides is 1. The minimum atomic E-state index is -0.261. The van der Waals surface area contributed by atoms with Gasteiger partial charge in [-0.05, 0) is 19.4 Å². The fraction of sp³-hybridized carbons (Fsp3) is 0.667. The Balaban J connectivity index is 1.60. The number of thiazole rings is 1. The third-order valence-electron chi connectivity index (χ3n) is 3.70. The van der Waals surface area contributed by atoms with Gasteiger partial charge in [0.05, 0.1) is 13.1 Å². The van der Waals surface area contributed by atoms with Crippen LogP contribution in [-0.4, -0.2) is 41.2 Å². The Labute approximate surface area is 110 Å². The molecule has 1 spiro atoms. The lowest BCUT2D eigenvalue weighted by molar-refractivity contribution is 0.0443. The summed E-state index contributed by atoms with van der Waals surface area (Å²) >= 11 is 1.70. The molecule has 3 heterocycles. The van der Waals surface area contributed by atoms with E-state index in [-0.39, 0.29) is 11.7 Å². The van der Waals surface area contributed by atoms with Gasteiger partial charge in [0, 0.05) is 24.5 Å². The lowest BCUT2D eigenvalue weighted by Gasteiger charge is -2.24. The predicted octanol–water partition coefficient (Wildman–Crippen LogP) is 1.61. The van der Waals surface area contributed by atoms with E-state index < -0.39 is 0 Å². The van der Waals surface area contributed by atoms with Crippen LogP contribution in [0.4, 0.5) is 4.79 Å². The van der Waals surface area contributed by atoms with Gasteiger partial charge in [-0.25, -0.2) is 9.78 Å². The summed E-state index contributed by atoms with van der Waals surface area (Å²) in [6.07, 6.45) is 4.53. The van der Waals surface area contributed by atoms with Gasteiger partial charge in [0.1, 0.15) is 10.6 Å². The van der Waals surface area contributed by atoms with Crippen molar-refractivity contribution in [1.82, 2.24) is 15.2 Å². The molecule has 0 bridgehead atoms. The Bertz CT molecular complexity index is 423. The Morgan fingerprint density at radius 3 is 3.17 bits per heavy atom. The van der Waals surface area contributed by atoms with Crippen molar-refractivity contribution in [3.63, 3.8) is 0 Å². The molecular weight excluding hydrogens is 250 g/mol. The lowest BCUT2D eigenvalue weighted by Crippen LogP contribution is -2.34. The van der Waals surface area contributed by atoms with E-state index >= 15 is 0 Å². The standard InChI is InChI=1S/C12H17N3O2S/c16-11-14-9-12(17-11)2-1-5-15(6-3-12)8-10-13-4-7-18-10/h4,7H,1-3,5-6,8-9H2,(H,14,16). The van der Waals surface area contributed by atoms with Crippen LogP contribution in [0.15, 0.2) is 11.6 Å². The lowest BCUT2D eigenvalue weighted by atomic mass is 9.95. The highest BCUT2D eigenvalue weighted by Crippen LogP contribution is 2.29. The van der Waals surface area contributed by atoms with Crippen LogP contribution in [0.1, 0.15) is 24.3 Å². The Hall–Kier alpha value is -1.14. The van der Waals surface area contributed by atoms with E-state index in [9.17, 15) is 4.79 Å². The molecule has 2 aliphatic rings. The first-order valence-corrected chi connectivity index (χ1v) is 7.21. The first kappa shape index (κ1) is 11.9. The smallest absolute Gasteiger partial charge is 0.407 e. The first-order chi connectivity index (χ1) is 8.76. The molecule has 1 unspecified atom stereocenters. The topological polar surface area (TPSA) is 54.5 Å². The summed E-state index contributed by atoms with van der Waals surface area (Å²) in [7, 11) is 0. The molecule has 1 atom stereocenters. The number of carbonyl (C=O) groups excluding carboxylic acids is 1. The molecule has 1 aromatic rings. The molecule has 2 aliphatic heterocycles. The van der Waals surface area contributed by atoms with Crippen LogP contribution in [0.3, 0.4) is 0 Å². The Kier molecular flexibility index (Phi) is 3.22. The van der Waals surface area contributed by atoms with E-state index in [1.165, 1.54) is 0 Å². The van der Waals surface area contributed by atoms with Crippen molar-refractivity contribution in [1.29, 1.82) is 0 Å². The van der Waals surface area contributed by atoms with Crippen molar-refractivity contribution in [2.24, 2.45) is 0 Å². The van der Waals surface area contributed by atoms with Gasteiger partial charge in [-0.2, -0.15) is 0 Å². The van der Waals surface area contributed by atoms with Crippen LogP contribution in [-0.2, 0) is 11.3 Å². The first-order valence-electron chi connectivity index (χ1n) is 6.33. The highest BCUT2D eigenvalue weighted by Gasteiger charge is 2.41. The van der Waals surface area contributed by atoms with E-state index in [1.54, 1.807) is 11.3 Å². The van der Waals surface area contributed by atoms with Crippen molar-refractivity contribution < 1.29 is 9.53 Å². The van der Waals surface area contributed by atoms with E-state index in [4.69, 9.17) is 4.74 Å². The average molecular weight is 267 g/mol. The highest BCUT2D eigenvalue weighted by molar-refractivity contribution is 7.09. The van der Waals surface area contributed by atoms with E-state index in [1.807, 2.05) is 11.6 Å². The highest BCUT2D eigenvalue weighted by atomic mass is 32.1. The third-order valence-corrected chi connectivity index (χ3v) is 4.46. The maximum atomic E-state index is 11.2. The number of nitrogens with zero attached hydrogens (tertiary/aromatic N) is 2. The van der Waals surface area contributed by atoms with Gasteiger partial charge in [-0.15, -0.1) is 11.3 Å². The summed E-state index contributed by atoms with van der Waals surface area (Å²) in [5.74, 6) is 0. The predicted molar refractivity (Wildman–Crippen MR) is 68.5 cm³/mol. The zero-order valence-electron chi connectivity index (χ0n) is 10.2. The second-order valence-corrected chi connectivity index (χ2v) is 5.96. The van der Waals surface area contributed by atoms with Crippen LogP contribution in [0.2, 0.25) is 0 Å². The molecule has 5 nitrogen and oxygen atoms in total. The zero-order chi connectivity index (χ0) is 12.4. The summed E-state index contributed by atoms with van der Waals surface area (Å²) < 4.78 is 5.46. The monoisotopic (exact) mass is 267 g/mol. The number of hydrogen-bond donors (Lipinski definition) is 1. The number of rotatable bonds is 2. The largest absolute Gasteiger partial charge is 0.441 e. The molecule has 1 N–H and O–H groups in total. The number of carbonyl (C=O) groups is 1. The summed E-state index contributed by atoms with van der Waals surface area (Å²) in [6.45, 7) is 3.60. The average Bonchev–Trinajstić information content (AvgIpc) is 2.92. The van der Waals surface area contributed by atoms with E-state index in [2.05, 4.69) is 15.2 Å². The maximum absolute atomic E-state index is 11.2. The number of alkyl carbamates (subject to hydrolysis) is 1. The number of hydrogen-bond acceptors (Lipinski definition) is 5. The van der Waals surface area contributed by atoms with Crippen molar-refractivity contribution in [2.75, 3.05) is 19.6 Å². The van der Waals surface area contributed by atoms with Crippen molar-refractivity contribution >= 4 is 17.4 Å². The van der Waals surface area contributed by atoms with Gasteiger partial charge in [0.25, 0.3) is 0 Å². The summed E-state index contributed by atoms with van der Waals surface area (Å²) in [5, 5.41) is 5.95. The quantitative estimate of drug-likeness (QED) is 0.884. The third kappa shape index (κ3) is 2.49. The van der Waals surface area contributed by atoms with Crippen LogP contribution in [0, 0.1) is 0 Å². The number of aromatic nitrogens is 1. The molecule has 18 heavy (non-hydrogen) atoms. The SMILES string of the molecule is O=C1NCC2(CCCN(Cc3nccs3)CC2)O1. The van der Waals surface area contributed by atoms with Crippen LogP contribution < -0.4 is 5.32 Å². The second-order valence-electron chi connectivity index (χ2n) is 4.98. The second kappa shape index (κ2) is 4.85. The van der Waals surface area contributed by atoms with Crippen LogP contribution in [0.5, 0.6) is 0 Å². The van der Waals surface area contributed by atoms with Crippen LogP contribution in [0.25, 0.3) is 0 Å². The number of ether oxygens (including phenoxy) is 1. The van der Waals surface area contributed by atoms with Gasteiger partial charge >= 0.3 is 6.09 Å². The Morgan fingerprint density at radius 2 is 2.44 bits per heavy atom. The van der Waals surface area contributed by atoms with Gasteiger partial charge in [-0.3, -0.25) is 4.90 Å². The molecule has 0 aliphatic carbocycles. The molecule has 98 valence electrons. The van der Waals surface area contributed by atoms with Gasteiger partial charge in [0.2, 0.25) is 0 Å². The summed E-state index contributed by atoms with van der Waals surface area (Å²) in [4.78, 5) is 17.9. The van der Waals surface area contributed by atoms with Crippen molar-refractivity contribution in [2.45, 2.75) is 31.4 Å². The molecule has 0 radical (unpaired) electrons. The molecular formula is C12H17N3O2S. The van der Waals surface area contributed by atoms with Gasteiger partial charge in [-0.1, -0.05) is 0 Å². The molecule has 0 saturated carbocycles. The minimum absolute atomic E-state index is 0.255. The minimum Gasteiger partial charge on any atom is -0.441 e. The fourth-order valence-electron chi connectivity index (χ4n) is 2.68. The van der Waals surface area contributed by atoms with E-state index in [0.29, 0.717) is 6.54 Å². The molecule has 1 amide bonds. The van der Waals surface area contributed by atoms with E-state index in [0.717, 1.165) is 43.9 Å². The summed E-state index contributed by atoms with van der Waals surface area (Å²) in [6, 6.07) is 0.